The van der Waals surface area contributed by atoms with Gasteiger partial charge in [0.05, 0.1) is 25.9 Å². The lowest BCUT2D eigenvalue weighted by Gasteiger charge is -2.35. The van der Waals surface area contributed by atoms with E-state index in [4.69, 9.17) is 9.73 Å². The first-order valence-corrected chi connectivity index (χ1v) is 9.99. The quantitative estimate of drug-likeness (QED) is 0.367. The number of para-hydroxylation sites is 1. The number of aromatic nitrogens is 2. The second-order valence-electron chi connectivity index (χ2n) is 7.24. The third kappa shape index (κ3) is 6.33. The Morgan fingerprint density at radius 3 is 2.79 bits per heavy atom. The van der Waals surface area contributed by atoms with Crippen LogP contribution in [0.15, 0.2) is 47.7 Å². The molecule has 1 N–H and O–H groups in total. The molecule has 1 aliphatic rings. The lowest BCUT2D eigenvalue weighted by atomic mass is 10.1. The number of halogens is 1. The number of benzene rings is 1. The molecule has 0 saturated carbocycles. The second-order valence-corrected chi connectivity index (χ2v) is 7.24. The Kier molecular flexibility index (Phi) is 9.22. The second kappa shape index (κ2) is 11.4. The van der Waals surface area contributed by atoms with Crippen molar-refractivity contribution in [1.29, 1.82) is 0 Å². The molecule has 0 bridgehead atoms. The third-order valence-corrected chi connectivity index (χ3v) is 5.13. The van der Waals surface area contributed by atoms with E-state index in [1.165, 1.54) is 5.69 Å². The van der Waals surface area contributed by atoms with Crippen molar-refractivity contribution in [2.75, 3.05) is 44.7 Å². The minimum absolute atomic E-state index is 0. The predicted molar refractivity (Wildman–Crippen MR) is 129 cm³/mol. The molecule has 1 aromatic heterocycles. The maximum atomic E-state index is 5.97. The number of morpholine rings is 1. The summed E-state index contributed by atoms with van der Waals surface area (Å²) < 4.78 is 7.79. The largest absolute Gasteiger partial charge is 0.370 e. The number of hydrogen-bond acceptors (Lipinski definition) is 4. The average molecular weight is 512 g/mol. The summed E-state index contributed by atoms with van der Waals surface area (Å²) in [7, 11) is 4.05. The van der Waals surface area contributed by atoms with Gasteiger partial charge in [-0.05, 0) is 26.0 Å². The highest BCUT2D eigenvalue weighted by atomic mass is 127. The molecule has 1 fully saturated rings. The van der Waals surface area contributed by atoms with Crippen LogP contribution in [0.5, 0.6) is 0 Å². The van der Waals surface area contributed by atoms with E-state index in [1.54, 1.807) is 0 Å². The van der Waals surface area contributed by atoms with Gasteiger partial charge in [0.2, 0.25) is 0 Å². The van der Waals surface area contributed by atoms with Gasteiger partial charge in [-0.25, -0.2) is 0 Å². The Hall–Kier alpha value is -1.81. The van der Waals surface area contributed by atoms with Crippen LogP contribution in [0.25, 0.3) is 0 Å². The van der Waals surface area contributed by atoms with Crippen LogP contribution in [-0.4, -0.2) is 66.5 Å². The molecule has 0 aliphatic carbocycles. The SMILES string of the molecule is CCNC(=NCC(C)N(C)c1ccccc1)N1CCOC(c2cnn(C)c2)C1.I. The van der Waals surface area contributed by atoms with Gasteiger partial charge < -0.3 is 19.9 Å². The fraction of sp³-hybridized carbons (Fsp3) is 0.524. The average Bonchev–Trinajstić information content (AvgIpc) is 3.17. The van der Waals surface area contributed by atoms with Crippen LogP contribution in [0.2, 0.25) is 0 Å². The van der Waals surface area contributed by atoms with Gasteiger partial charge in [0.15, 0.2) is 5.96 Å². The monoisotopic (exact) mass is 512 g/mol. The molecule has 2 heterocycles. The number of anilines is 1. The number of nitrogens with zero attached hydrogens (tertiary/aromatic N) is 5. The molecule has 0 amide bonds. The number of aliphatic imine (C=N–C) groups is 1. The number of rotatable bonds is 6. The fourth-order valence-electron chi connectivity index (χ4n) is 3.33. The molecule has 160 valence electrons. The molecule has 2 aromatic rings. The summed E-state index contributed by atoms with van der Waals surface area (Å²) in [5.41, 5.74) is 2.32. The Morgan fingerprint density at radius 2 is 2.14 bits per heavy atom. The Balaban J connectivity index is 0.00000300. The van der Waals surface area contributed by atoms with Gasteiger partial charge in [-0.2, -0.15) is 5.10 Å². The van der Waals surface area contributed by atoms with E-state index in [9.17, 15) is 0 Å². The van der Waals surface area contributed by atoms with Crippen molar-refractivity contribution in [2.45, 2.75) is 26.0 Å². The topological polar surface area (TPSA) is 57.9 Å². The molecule has 1 aromatic carbocycles. The van der Waals surface area contributed by atoms with Crippen molar-refractivity contribution in [1.82, 2.24) is 20.0 Å². The molecule has 0 spiro atoms. The summed E-state index contributed by atoms with van der Waals surface area (Å²) in [4.78, 5) is 9.49. The van der Waals surface area contributed by atoms with Crippen molar-refractivity contribution in [2.24, 2.45) is 12.0 Å². The molecule has 1 saturated heterocycles. The maximum Gasteiger partial charge on any atom is 0.194 e. The van der Waals surface area contributed by atoms with Crippen LogP contribution >= 0.6 is 24.0 Å². The highest BCUT2D eigenvalue weighted by Gasteiger charge is 2.25. The summed E-state index contributed by atoms with van der Waals surface area (Å²) in [6.45, 7) is 8.18. The Bertz CT molecular complexity index is 766. The van der Waals surface area contributed by atoms with E-state index >= 15 is 0 Å². The molecular weight excluding hydrogens is 479 g/mol. The molecule has 1 aliphatic heterocycles. The van der Waals surface area contributed by atoms with Crippen molar-refractivity contribution < 1.29 is 4.74 Å². The minimum atomic E-state index is 0. The van der Waals surface area contributed by atoms with E-state index in [1.807, 2.05) is 30.2 Å². The lowest BCUT2D eigenvalue weighted by Crippen LogP contribution is -2.48. The highest BCUT2D eigenvalue weighted by molar-refractivity contribution is 14.0. The molecule has 8 heteroatoms. The molecule has 29 heavy (non-hydrogen) atoms. The predicted octanol–water partition coefficient (Wildman–Crippen LogP) is 2.90. The zero-order valence-corrected chi connectivity index (χ0v) is 20.1. The standard InChI is InChI=1S/C21H32N6O.HI/c1-5-22-21(23-13-17(2)26(4)19-9-7-6-8-10-19)27-11-12-28-20(16-27)18-14-24-25(3)15-18;/h6-10,14-15,17,20H,5,11-13,16H2,1-4H3,(H,22,23);1H. The van der Waals surface area contributed by atoms with Crippen LogP contribution in [0.4, 0.5) is 5.69 Å². The minimum Gasteiger partial charge on any atom is -0.370 e. The van der Waals surface area contributed by atoms with Gasteiger partial charge in [0.25, 0.3) is 0 Å². The number of ether oxygens (including phenoxy) is 1. The Morgan fingerprint density at radius 1 is 1.38 bits per heavy atom. The van der Waals surface area contributed by atoms with Crippen LogP contribution < -0.4 is 10.2 Å². The number of nitrogens with one attached hydrogen (secondary N) is 1. The van der Waals surface area contributed by atoms with Gasteiger partial charge in [0.1, 0.15) is 6.10 Å². The van der Waals surface area contributed by atoms with E-state index < -0.39 is 0 Å². The molecule has 0 radical (unpaired) electrons. The zero-order chi connectivity index (χ0) is 19.9. The highest BCUT2D eigenvalue weighted by Crippen LogP contribution is 2.21. The molecule has 3 rings (SSSR count). The van der Waals surface area contributed by atoms with Crippen LogP contribution in [0.1, 0.15) is 25.5 Å². The summed E-state index contributed by atoms with van der Waals surface area (Å²) >= 11 is 0. The number of aryl methyl sites for hydroxylation is 1. The van der Waals surface area contributed by atoms with Gasteiger partial charge in [-0.1, -0.05) is 18.2 Å². The smallest absolute Gasteiger partial charge is 0.194 e. The van der Waals surface area contributed by atoms with Gasteiger partial charge >= 0.3 is 0 Å². The summed E-state index contributed by atoms with van der Waals surface area (Å²) in [6, 6.07) is 10.7. The summed E-state index contributed by atoms with van der Waals surface area (Å²) in [5.74, 6) is 0.952. The first-order valence-electron chi connectivity index (χ1n) is 9.99. The van der Waals surface area contributed by atoms with Crippen LogP contribution in [0.3, 0.4) is 0 Å². The van der Waals surface area contributed by atoms with Gasteiger partial charge in [0, 0.05) is 50.7 Å². The maximum absolute atomic E-state index is 5.97. The summed E-state index contributed by atoms with van der Waals surface area (Å²) in [6.07, 6.45) is 3.93. The molecular formula is C21H33IN6O. The van der Waals surface area contributed by atoms with E-state index in [-0.39, 0.29) is 30.1 Å². The number of guanidine groups is 1. The molecule has 2 unspecified atom stereocenters. The van der Waals surface area contributed by atoms with E-state index in [2.05, 4.69) is 65.4 Å². The first kappa shape index (κ1) is 23.5. The fourth-order valence-corrected chi connectivity index (χ4v) is 3.33. The lowest BCUT2D eigenvalue weighted by molar-refractivity contribution is -0.00804. The number of hydrogen-bond donors (Lipinski definition) is 1. The molecule has 2 atom stereocenters. The van der Waals surface area contributed by atoms with Crippen molar-refractivity contribution in [3.63, 3.8) is 0 Å². The van der Waals surface area contributed by atoms with E-state index in [0.29, 0.717) is 12.6 Å². The molecule has 7 nitrogen and oxygen atoms in total. The van der Waals surface area contributed by atoms with Crippen molar-refractivity contribution in [3.05, 3.63) is 48.3 Å². The van der Waals surface area contributed by atoms with Crippen LogP contribution in [-0.2, 0) is 11.8 Å². The van der Waals surface area contributed by atoms with Crippen molar-refractivity contribution >= 4 is 35.6 Å². The zero-order valence-electron chi connectivity index (χ0n) is 17.8. The van der Waals surface area contributed by atoms with E-state index in [0.717, 1.165) is 37.7 Å². The van der Waals surface area contributed by atoms with Crippen LogP contribution in [0, 0.1) is 0 Å². The summed E-state index contributed by atoms with van der Waals surface area (Å²) in [5, 5.41) is 7.72. The first-order chi connectivity index (χ1) is 13.6. The Labute approximate surface area is 191 Å². The normalized spacial score (nSPS) is 18.1. The van der Waals surface area contributed by atoms with Gasteiger partial charge in [-0.3, -0.25) is 9.67 Å². The van der Waals surface area contributed by atoms with Crippen molar-refractivity contribution in [3.8, 4) is 0 Å². The number of likely N-dealkylation sites (N-methyl/N-ethyl adjacent to an activating group) is 1. The van der Waals surface area contributed by atoms with Gasteiger partial charge in [-0.15, -0.1) is 24.0 Å². The third-order valence-electron chi connectivity index (χ3n) is 5.13.